The molecule has 1 fully saturated rings. The highest BCUT2D eigenvalue weighted by molar-refractivity contribution is 7.91. The monoisotopic (exact) mass is 316 g/mol. The smallest absolute Gasteiger partial charge is 0.250 e. The fourth-order valence-electron chi connectivity index (χ4n) is 2.54. The van der Waals surface area contributed by atoms with Gasteiger partial charge in [-0.2, -0.15) is 0 Å². The molecule has 2 N–H and O–H groups in total. The van der Waals surface area contributed by atoms with Gasteiger partial charge in [0.15, 0.2) is 0 Å². The summed E-state index contributed by atoms with van der Waals surface area (Å²) in [6.45, 7) is 6.87. The normalized spacial score (nSPS) is 18.8. The SMILES string of the molecule is CC(C)NCc1csc(S(=O)(=O)NC2(C)CCCC2)c1. The molecular weight excluding hydrogens is 292 g/mol. The molecular formula is C14H24N2O2S2. The molecule has 0 saturated heterocycles. The second-order valence-corrected chi connectivity index (χ2v) is 9.00. The van der Waals surface area contributed by atoms with Gasteiger partial charge in [0.2, 0.25) is 0 Å². The largest absolute Gasteiger partial charge is 0.310 e. The topological polar surface area (TPSA) is 58.2 Å². The number of thiophene rings is 1. The summed E-state index contributed by atoms with van der Waals surface area (Å²) < 4.78 is 28.2. The number of hydrogen-bond donors (Lipinski definition) is 2. The van der Waals surface area contributed by atoms with Crippen LogP contribution in [0.3, 0.4) is 0 Å². The Morgan fingerprint density at radius 3 is 2.60 bits per heavy atom. The molecule has 2 rings (SSSR count). The van der Waals surface area contributed by atoms with Gasteiger partial charge in [-0.05, 0) is 36.8 Å². The Bertz CT molecular complexity index is 543. The Hall–Kier alpha value is -0.430. The Kier molecular flexibility index (Phi) is 4.89. The molecule has 0 aromatic carbocycles. The Morgan fingerprint density at radius 2 is 2.00 bits per heavy atom. The van der Waals surface area contributed by atoms with Gasteiger partial charge in [-0.15, -0.1) is 11.3 Å². The zero-order chi connectivity index (χ0) is 14.8. The van der Waals surface area contributed by atoms with Gasteiger partial charge < -0.3 is 5.32 Å². The lowest BCUT2D eigenvalue weighted by Crippen LogP contribution is -2.43. The molecule has 0 radical (unpaired) electrons. The van der Waals surface area contributed by atoms with Gasteiger partial charge in [-0.25, -0.2) is 13.1 Å². The van der Waals surface area contributed by atoms with E-state index in [0.717, 1.165) is 31.2 Å². The number of hydrogen-bond acceptors (Lipinski definition) is 4. The Labute approximate surface area is 126 Å². The van der Waals surface area contributed by atoms with Crippen molar-refractivity contribution in [3.05, 3.63) is 17.0 Å². The third-order valence-electron chi connectivity index (χ3n) is 3.70. The van der Waals surface area contributed by atoms with E-state index in [1.165, 1.54) is 11.3 Å². The fraction of sp³-hybridized carbons (Fsp3) is 0.714. The predicted molar refractivity (Wildman–Crippen MR) is 83.5 cm³/mol. The minimum atomic E-state index is -3.38. The van der Waals surface area contributed by atoms with E-state index in [-0.39, 0.29) is 5.54 Å². The van der Waals surface area contributed by atoms with Crippen molar-refractivity contribution in [2.24, 2.45) is 0 Å². The van der Waals surface area contributed by atoms with Crippen LogP contribution in [0.4, 0.5) is 0 Å². The molecule has 1 heterocycles. The van der Waals surface area contributed by atoms with Gasteiger partial charge in [-0.3, -0.25) is 0 Å². The molecule has 4 nitrogen and oxygen atoms in total. The lowest BCUT2D eigenvalue weighted by molar-refractivity contribution is 0.428. The van der Waals surface area contributed by atoms with Crippen LogP contribution in [0, 0.1) is 0 Å². The predicted octanol–water partition coefficient (Wildman–Crippen LogP) is 2.86. The van der Waals surface area contributed by atoms with Gasteiger partial charge in [0.25, 0.3) is 10.0 Å². The van der Waals surface area contributed by atoms with Gasteiger partial charge in [0.05, 0.1) is 0 Å². The molecule has 6 heteroatoms. The summed E-state index contributed by atoms with van der Waals surface area (Å²) in [6.07, 6.45) is 4.07. The van der Waals surface area contributed by atoms with Crippen molar-refractivity contribution in [1.82, 2.24) is 10.0 Å². The average molecular weight is 316 g/mol. The fourth-order valence-corrected chi connectivity index (χ4v) is 5.22. The van der Waals surface area contributed by atoms with Crippen LogP contribution in [0.25, 0.3) is 0 Å². The maximum Gasteiger partial charge on any atom is 0.250 e. The van der Waals surface area contributed by atoms with Crippen LogP contribution in [0.1, 0.15) is 52.0 Å². The van der Waals surface area contributed by atoms with E-state index < -0.39 is 10.0 Å². The van der Waals surface area contributed by atoms with Crippen LogP contribution < -0.4 is 10.0 Å². The van der Waals surface area contributed by atoms with Gasteiger partial charge in [-0.1, -0.05) is 26.7 Å². The lowest BCUT2D eigenvalue weighted by atomic mass is 10.0. The first-order chi connectivity index (χ1) is 9.31. The maximum atomic E-state index is 12.4. The first-order valence-corrected chi connectivity index (χ1v) is 9.52. The Morgan fingerprint density at radius 1 is 1.35 bits per heavy atom. The summed E-state index contributed by atoms with van der Waals surface area (Å²) >= 11 is 1.30. The molecule has 0 amide bonds. The van der Waals surface area contributed by atoms with Crippen molar-refractivity contribution >= 4 is 21.4 Å². The number of sulfonamides is 1. The molecule has 0 atom stereocenters. The number of rotatable bonds is 6. The summed E-state index contributed by atoms with van der Waals surface area (Å²) in [4.78, 5) is 0. The lowest BCUT2D eigenvalue weighted by Gasteiger charge is -2.24. The molecule has 0 unspecified atom stereocenters. The van der Waals surface area contributed by atoms with Crippen molar-refractivity contribution in [1.29, 1.82) is 0 Å². The third kappa shape index (κ3) is 4.04. The summed E-state index contributed by atoms with van der Waals surface area (Å²) in [6, 6.07) is 2.17. The second kappa shape index (κ2) is 6.13. The summed E-state index contributed by atoms with van der Waals surface area (Å²) in [5, 5.41) is 5.22. The van der Waals surface area contributed by atoms with Crippen LogP contribution in [0.5, 0.6) is 0 Å². The molecule has 20 heavy (non-hydrogen) atoms. The van der Waals surface area contributed by atoms with E-state index in [1.807, 2.05) is 12.3 Å². The molecule has 1 saturated carbocycles. The van der Waals surface area contributed by atoms with E-state index in [2.05, 4.69) is 23.9 Å². The average Bonchev–Trinajstić information content (AvgIpc) is 2.95. The molecule has 1 aromatic rings. The zero-order valence-electron chi connectivity index (χ0n) is 12.4. The molecule has 1 aliphatic rings. The van der Waals surface area contributed by atoms with Crippen molar-refractivity contribution in [3.63, 3.8) is 0 Å². The third-order valence-corrected chi connectivity index (χ3v) is 6.82. The van der Waals surface area contributed by atoms with Crippen LogP contribution >= 0.6 is 11.3 Å². The van der Waals surface area contributed by atoms with E-state index in [4.69, 9.17) is 0 Å². The van der Waals surface area contributed by atoms with E-state index in [9.17, 15) is 8.42 Å². The summed E-state index contributed by atoms with van der Waals surface area (Å²) in [7, 11) is -3.38. The maximum absolute atomic E-state index is 12.4. The molecule has 114 valence electrons. The first kappa shape index (κ1) is 15.9. The summed E-state index contributed by atoms with van der Waals surface area (Å²) in [5.41, 5.74) is 0.764. The van der Waals surface area contributed by atoms with Gasteiger partial charge in [0.1, 0.15) is 4.21 Å². The van der Waals surface area contributed by atoms with Crippen LogP contribution in [-0.4, -0.2) is 20.0 Å². The van der Waals surface area contributed by atoms with E-state index in [1.54, 1.807) is 6.07 Å². The first-order valence-electron chi connectivity index (χ1n) is 7.16. The molecule has 0 aliphatic heterocycles. The van der Waals surface area contributed by atoms with Crippen molar-refractivity contribution in [2.75, 3.05) is 0 Å². The van der Waals surface area contributed by atoms with Crippen molar-refractivity contribution in [2.45, 2.75) is 68.8 Å². The highest BCUT2D eigenvalue weighted by Crippen LogP contribution is 2.31. The highest BCUT2D eigenvalue weighted by atomic mass is 32.2. The summed E-state index contributed by atoms with van der Waals surface area (Å²) in [5.74, 6) is 0. The van der Waals surface area contributed by atoms with Crippen molar-refractivity contribution < 1.29 is 8.42 Å². The minimum absolute atomic E-state index is 0.265. The zero-order valence-corrected chi connectivity index (χ0v) is 14.0. The van der Waals surface area contributed by atoms with Crippen molar-refractivity contribution in [3.8, 4) is 0 Å². The van der Waals surface area contributed by atoms with Gasteiger partial charge >= 0.3 is 0 Å². The van der Waals surface area contributed by atoms with E-state index >= 15 is 0 Å². The molecule has 1 aliphatic carbocycles. The molecule has 0 bridgehead atoms. The van der Waals surface area contributed by atoms with Gasteiger partial charge in [0, 0.05) is 18.1 Å². The van der Waals surface area contributed by atoms with E-state index in [0.29, 0.717) is 16.8 Å². The molecule has 0 spiro atoms. The minimum Gasteiger partial charge on any atom is -0.310 e. The highest BCUT2D eigenvalue weighted by Gasteiger charge is 2.34. The van der Waals surface area contributed by atoms with Crippen LogP contribution in [-0.2, 0) is 16.6 Å². The molecule has 1 aromatic heterocycles. The Balaban J connectivity index is 2.06. The second-order valence-electron chi connectivity index (χ2n) is 6.18. The van der Waals surface area contributed by atoms with Crippen LogP contribution in [0.15, 0.2) is 15.7 Å². The number of nitrogens with one attached hydrogen (secondary N) is 2. The quantitative estimate of drug-likeness (QED) is 0.848. The standard InChI is InChI=1S/C14H24N2O2S2/c1-11(2)15-9-12-8-13(19-10-12)20(17,18)16-14(3)6-4-5-7-14/h8,10-11,15-16H,4-7,9H2,1-3H3. The van der Waals surface area contributed by atoms with Crippen LogP contribution in [0.2, 0.25) is 0 Å².